The third-order valence-corrected chi connectivity index (χ3v) is 3.08. The second-order valence-electron chi connectivity index (χ2n) is 5.18. The summed E-state index contributed by atoms with van der Waals surface area (Å²) in [6.45, 7) is 5.47. The number of carboxylic acids is 1. The highest BCUT2D eigenvalue weighted by molar-refractivity contribution is 6.02. The predicted molar refractivity (Wildman–Crippen MR) is 70.5 cm³/mol. The van der Waals surface area contributed by atoms with E-state index >= 15 is 0 Å². The molecule has 102 valence electrons. The Morgan fingerprint density at radius 1 is 1.42 bits per heavy atom. The van der Waals surface area contributed by atoms with E-state index in [9.17, 15) is 9.59 Å². The first-order chi connectivity index (χ1) is 8.81. The molecule has 0 aromatic heterocycles. The molecule has 0 aliphatic carbocycles. The average Bonchev–Trinajstić information content (AvgIpc) is 2.29. The first-order valence-corrected chi connectivity index (χ1v) is 6.15. The third-order valence-electron chi connectivity index (χ3n) is 3.08. The van der Waals surface area contributed by atoms with Crippen molar-refractivity contribution in [2.24, 2.45) is 0 Å². The van der Waals surface area contributed by atoms with Crippen molar-refractivity contribution in [3.05, 3.63) is 23.8 Å². The lowest BCUT2D eigenvalue weighted by atomic mass is 10.0. The fourth-order valence-corrected chi connectivity index (χ4v) is 2.11. The van der Waals surface area contributed by atoms with Crippen LogP contribution in [0.2, 0.25) is 0 Å². The Labute approximate surface area is 111 Å². The number of carbonyl (C=O) groups is 2. The van der Waals surface area contributed by atoms with Crippen molar-refractivity contribution in [2.45, 2.75) is 32.8 Å². The van der Waals surface area contributed by atoms with Crippen molar-refractivity contribution in [3.8, 4) is 5.75 Å². The van der Waals surface area contributed by atoms with Gasteiger partial charge in [-0.25, -0.2) is 0 Å². The molecule has 0 atom stereocenters. The Kier molecular flexibility index (Phi) is 3.22. The van der Waals surface area contributed by atoms with Crippen LogP contribution in [-0.4, -0.2) is 29.1 Å². The van der Waals surface area contributed by atoms with Crippen LogP contribution in [-0.2, 0) is 9.59 Å². The molecule has 5 nitrogen and oxygen atoms in total. The summed E-state index contributed by atoms with van der Waals surface area (Å²) in [5, 5.41) is 8.78. The number of carbonyl (C=O) groups excluding carboxylic acids is 1. The number of aryl methyl sites for hydroxylation is 1. The predicted octanol–water partition coefficient (Wildman–Crippen LogP) is 1.97. The maximum atomic E-state index is 12.3. The average molecular weight is 263 g/mol. The molecule has 1 N–H and O–H groups in total. The fourth-order valence-electron chi connectivity index (χ4n) is 2.11. The second kappa shape index (κ2) is 4.57. The summed E-state index contributed by atoms with van der Waals surface area (Å²) < 4.78 is 5.71. The third kappa shape index (κ3) is 2.54. The van der Waals surface area contributed by atoms with Crippen LogP contribution >= 0.6 is 0 Å². The van der Waals surface area contributed by atoms with Gasteiger partial charge in [-0.05, 0) is 38.5 Å². The molecule has 0 radical (unpaired) electrons. The Hall–Kier alpha value is -2.04. The fraction of sp³-hybridized carbons (Fsp3) is 0.429. The number of anilines is 1. The van der Waals surface area contributed by atoms with Gasteiger partial charge in [0.05, 0.1) is 12.1 Å². The van der Waals surface area contributed by atoms with Gasteiger partial charge in [0.15, 0.2) is 5.60 Å². The van der Waals surface area contributed by atoms with Crippen LogP contribution in [0.25, 0.3) is 0 Å². The molecule has 0 bridgehead atoms. The first kappa shape index (κ1) is 13.4. The zero-order valence-corrected chi connectivity index (χ0v) is 11.3. The van der Waals surface area contributed by atoms with Crippen LogP contribution in [0.5, 0.6) is 5.75 Å². The van der Waals surface area contributed by atoms with Crippen LogP contribution in [0, 0.1) is 6.92 Å². The number of carboxylic acid groups (broad SMARTS) is 1. The Morgan fingerprint density at radius 2 is 2.11 bits per heavy atom. The Morgan fingerprint density at radius 3 is 2.74 bits per heavy atom. The normalized spacial score (nSPS) is 16.8. The lowest BCUT2D eigenvalue weighted by Crippen LogP contribution is -2.53. The highest BCUT2D eigenvalue weighted by Gasteiger charge is 2.40. The van der Waals surface area contributed by atoms with Crippen molar-refractivity contribution in [2.75, 3.05) is 11.4 Å². The van der Waals surface area contributed by atoms with Gasteiger partial charge in [-0.1, -0.05) is 6.07 Å². The maximum absolute atomic E-state index is 12.3. The van der Waals surface area contributed by atoms with E-state index in [0.29, 0.717) is 11.4 Å². The van der Waals surface area contributed by atoms with E-state index in [1.165, 1.54) is 4.90 Å². The van der Waals surface area contributed by atoms with Crippen molar-refractivity contribution in [1.82, 2.24) is 0 Å². The van der Waals surface area contributed by atoms with Gasteiger partial charge in [0.2, 0.25) is 0 Å². The van der Waals surface area contributed by atoms with Gasteiger partial charge in [-0.2, -0.15) is 0 Å². The monoisotopic (exact) mass is 263 g/mol. The molecule has 1 amide bonds. The summed E-state index contributed by atoms with van der Waals surface area (Å²) in [5.41, 5.74) is 0.692. The van der Waals surface area contributed by atoms with Gasteiger partial charge in [0, 0.05) is 6.54 Å². The minimum Gasteiger partial charge on any atom is -0.481 e. The highest BCUT2D eigenvalue weighted by atomic mass is 16.5. The summed E-state index contributed by atoms with van der Waals surface area (Å²) in [5.74, 6) is -0.522. The molecule has 0 fully saturated rings. The number of hydrogen-bond donors (Lipinski definition) is 1. The van der Waals surface area contributed by atoms with E-state index in [-0.39, 0.29) is 18.9 Å². The summed E-state index contributed by atoms with van der Waals surface area (Å²) in [6, 6.07) is 5.53. The van der Waals surface area contributed by atoms with Crippen molar-refractivity contribution >= 4 is 17.6 Å². The van der Waals surface area contributed by atoms with Gasteiger partial charge in [-0.15, -0.1) is 0 Å². The van der Waals surface area contributed by atoms with Crippen LogP contribution in [0.3, 0.4) is 0 Å². The number of nitrogens with zero attached hydrogens (tertiary/aromatic N) is 1. The Balaban J connectivity index is 2.40. The molecule has 1 aliphatic heterocycles. The molecule has 2 rings (SSSR count). The van der Waals surface area contributed by atoms with Crippen molar-refractivity contribution < 1.29 is 19.4 Å². The molecular weight excluding hydrogens is 246 g/mol. The van der Waals surface area contributed by atoms with Gasteiger partial charge < -0.3 is 14.7 Å². The summed E-state index contributed by atoms with van der Waals surface area (Å²) >= 11 is 0. The van der Waals surface area contributed by atoms with Crippen molar-refractivity contribution in [1.29, 1.82) is 0 Å². The van der Waals surface area contributed by atoms with Crippen LogP contribution in [0.15, 0.2) is 18.2 Å². The molecule has 5 heteroatoms. The summed E-state index contributed by atoms with van der Waals surface area (Å²) in [4.78, 5) is 24.5. The number of aliphatic carboxylic acids is 1. The summed E-state index contributed by atoms with van der Waals surface area (Å²) in [6.07, 6.45) is -0.0882. The molecule has 0 spiro atoms. The maximum Gasteiger partial charge on any atom is 0.305 e. The van der Waals surface area contributed by atoms with E-state index < -0.39 is 11.6 Å². The first-order valence-electron chi connectivity index (χ1n) is 6.15. The molecule has 1 heterocycles. The van der Waals surface area contributed by atoms with Crippen molar-refractivity contribution in [3.63, 3.8) is 0 Å². The number of benzene rings is 1. The quantitative estimate of drug-likeness (QED) is 0.905. The standard InChI is InChI=1S/C14H17NO4/c1-9-4-5-10-11(8-9)19-14(2,3)13(18)15(10)7-6-12(16)17/h4-5,8H,6-7H2,1-3H3,(H,16,17). The van der Waals surface area contributed by atoms with Gasteiger partial charge in [0.25, 0.3) is 5.91 Å². The van der Waals surface area contributed by atoms with E-state index in [0.717, 1.165) is 5.56 Å². The van der Waals surface area contributed by atoms with E-state index in [4.69, 9.17) is 9.84 Å². The van der Waals surface area contributed by atoms with Gasteiger partial charge in [-0.3, -0.25) is 9.59 Å². The molecular formula is C14H17NO4. The topological polar surface area (TPSA) is 66.8 Å². The molecule has 19 heavy (non-hydrogen) atoms. The molecule has 0 saturated heterocycles. The lowest BCUT2D eigenvalue weighted by molar-refractivity contribution is -0.137. The molecule has 0 saturated carbocycles. The molecule has 1 aromatic carbocycles. The molecule has 1 aliphatic rings. The number of amides is 1. The number of fused-ring (bicyclic) bond motifs is 1. The smallest absolute Gasteiger partial charge is 0.305 e. The van der Waals surface area contributed by atoms with E-state index in [1.807, 2.05) is 19.1 Å². The highest BCUT2D eigenvalue weighted by Crippen LogP contribution is 2.38. The van der Waals surface area contributed by atoms with Crippen LogP contribution < -0.4 is 9.64 Å². The summed E-state index contributed by atoms with van der Waals surface area (Å²) in [7, 11) is 0. The van der Waals surface area contributed by atoms with E-state index in [1.54, 1.807) is 19.9 Å². The Bertz CT molecular complexity index is 536. The number of ether oxygens (including phenoxy) is 1. The number of rotatable bonds is 3. The molecule has 0 unspecified atom stereocenters. The number of hydrogen-bond acceptors (Lipinski definition) is 3. The largest absolute Gasteiger partial charge is 0.481 e. The SMILES string of the molecule is Cc1ccc2c(c1)OC(C)(C)C(=O)N2CCC(=O)O. The lowest BCUT2D eigenvalue weighted by Gasteiger charge is -2.38. The van der Waals surface area contributed by atoms with Gasteiger partial charge >= 0.3 is 5.97 Å². The van der Waals surface area contributed by atoms with E-state index in [2.05, 4.69) is 0 Å². The minimum atomic E-state index is -0.973. The van der Waals surface area contributed by atoms with Gasteiger partial charge in [0.1, 0.15) is 5.75 Å². The minimum absolute atomic E-state index is 0.0882. The molecule has 1 aromatic rings. The van der Waals surface area contributed by atoms with Crippen LogP contribution in [0.4, 0.5) is 5.69 Å². The zero-order valence-electron chi connectivity index (χ0n) is 11.3. The second-order valence-corrected chi connectivity index (χ2v) is 5.18. The zero-order chi connectivity index (χ0) is 14.2. The van der Waals surface area contributed by atoms with Crippen LogP contribution in [0.1, 0.15) is 25.8 Å².